The Kier molecular flexibility index (Phi) is 3.50. The van der Waals surface area contributed by atoms with E-state index in [1.165, 1.54) is 12.1 Å². The molecule has 1 heterocycles. The van der Waals surface area contributed by atoms with Gasteiger partial charge in [-0.05, 0) is 19.9 Å². The number of aryl methyl sites for hydroxylation is 2. The van der Waals surface area contributed by atoms with E-state index in [0.717, 1.165) is 17.5 Å². The van der Waals surface area contributed by atoms with Crippen LogP contribution in [0.1, 0.15) is 17.0 Å². The average Bonchev–Trinajstić information content (AvgIpc) is 2.32. The molecule has 0 aliphatic rings. The highest BCUT2D eigenvalue weighted by molar-refractivity contribution is 5.40. The highest BCUT2D eigenvalue weighted by Gasteiger charge is 2.06. The first-order valence-electron chi connectivity index (χ1n) is 5.54. The Morgan fingerprint density at radius 2 is 2.00 bits per heavy atom. The minimum Gasteiger partial charge on any atom is -0.364 e. The van der Waals surface area contributed by atoms with Crippen LogP contribution in [0.5, 0.6) is 0 Å². The molecule has 94 valence electrons. The molecular weight excluding hydrogens is 236 g/mol. The Morgan fingerprint density at radius 3 is 2.72 bits per heavy atom. The summed E-state index contributed by atoms with van der Waals surface area (Å²) in [7, 11) is 0. The Bertz CT molecular complexity index is 570. The van der Waals surface area contributed by atoms with Gasteiger partial charge >= 0.3 is 0 Å². The number of aromatic nitrogens is 2. The van der Waals surface area contributed by atoms with Gasteiger partial charge in [-0.15, -0.1) is 0 Å². The van der Waals surface area contributed by atoms with Crippen LogP contribution in [0, 0.1) is 25.5 Å². The van der Waals surface area contributed by atoms with E-state index in [-0.39, 0.29) is 6.54 Å². The Labute approximate surface area is 104 Å². The maximum atomic E-state index is 13.4. The lowest BCUT2D eigenvalue weighted by atomic mass is 10.2. The van der Waals surface area contributed by atoms with Gasteiger partial charge in [0.1, 0.15) is 17.5 Å². The van der Waals surface area contributed by atoms with Crippen molar-refractivity contribution in [3.05, 3.63) is 53.0 Å². The molecule has 0 aliphatic heterocycles. The molecule has 3 nitrogen and oxygen atoms in total. The molecule has 0 bridgehead atoms. The first kappa shape index (κ1) is 12.4. The number of nitrogens with zero attached hydrogens (tertiary/aromatic N) is 2. The third-order valence-corrected chi connectivity index (χ3v) is 2.54. The molecule has 2 aromatic rings. The largest absolute Gasteiger partial charge is 0.364 e. The van der Waals surface area contributed by atoms with Gasteiger partial charge in [0.05, 0.1) is 11.4 Å². The molecule has 0 amide bonds. The summed E-state index contributed by atoms with van der Waals surface area (Å²) in [5.74, 6) is -0.540. The predicted molar refractivity (Wildman–Crippen MR) is 65.2 cm³/mol. The van der Waals surface area contributed by atoms with Crippen LogP contribution in [-0.4, -0.2) is 9.97 Å². The van der Waals surface area contributed by atoms with Gasteiger partial charge in [-0.2, -0.15) is 0 Å². The molecule has 1 N–H and O–H groups in total. The van der Waals surface area contributed by atoms with Crippen molar-refractivity contribution in [3.8, 4) is 0 Å². The number of hydrogen-bond acceptors (Lipinski definition) is 3. The standard InChI is InChI=1S/C13H13F2N3/c1-8-6-16-9(2)13(18-8)17-7-10-3-4-11(14)5-12(10)15/h3-6H,7H2,1-2H3,(H,17,18). The fourth-order valence-electron chi connectivity index (χ4n) is 1.55. The monoisotopic (exact) mass is 249 g/mol. The zero-order valence-electron chi connectivity index (χ0n) is 10.2. The van der Waals surface area contributed by atoms with Crippen molar-refractivity contribution in [3.63, 3.8) is 0 Å². The summed E-state index contributed by atoms with van der Waals surface area (Å²) in [5, 5.41) is 2.99. The maximum Gasteiger partial charge on any atom is 0.148 e. The lowest BCUT2D eigenvalue weighted by Gasteiger charge is -2.09. The fraction of sp³-hybridized carbons (Fsp3) is 0.231. The van der Waals surface area contributed by atoms with Crippen molar-refractivity contribution in [2.24, 2.45) is 0 Å². The van der Waals surface area contributed by atoms with Crippen molar-refractivity contribution < 1.29 is 8.78 Å². The highest BCUT2D eigenvalue weighted by atomic mass is 19.1. The van der Waals surface area contributed by atoms with Crippen molar-refractivity contribution in [1.82, 2.24) is 9.97 Å². The number of nitrogens with one attached hydrogen (secondary N) is 1. The Morgan fingerprint density at radius 1 is 1.22 bits per heavy atom. The second-order valence-electron chi connectivity index (χ2n) is 4.03. The van der Waals surface area contributed by atoms with Crippen molar-refractivity contribution >= 4 is 5.82 Å². The van der Waals surface area contributed by atoms with Crippen LogP contribution in [-0.2, 0) is 6.54 Å². The quantitative estimate of drug-likeness (QED) is 0.908. The van der Waals surface area contributed by atoms with Crippen LogP contribution < -0.4 is 5.32 Å². The Balaban J connectivity index is 2.13. The third kappa shape index (κ3) is 2.80. The minimum atomic E-state index is -0.581. The lowest BCUT2D eigenvalue weighted by molar-refractivity contribution is 0.574. The number of anilines is 1. The van der Waals surface area contributed by atoms with E-state index in [0.29, 0.717) is 11.4 Å². The number of rotatable bonds is 3. The molecular formula is C13H13F2N3. The van der Waals surface area contributed by atoms with Crippen LogP contribution in [0.25, 0.3) is 0 Å². The first-order chi connectivity index (χ1) is 8.56. The molecule has 0 aliphatic carbocycles. The summed E-state index contributed by atoms with van der Waals surface area (Å²) in [5.41, 5.74) is 1.91. The summed E-state index contributed by atoms with van der Waals surface area (Å²) < 4.78 is 26.2. The van der Waals surface area contributed by atoms with Gasteiger partial charge in [-0.25, -0.2) is 13.8 Å². The van der Waals surface area contributed by atoms with Gasteiger partial charge < -0.3 is 5.32 Å². The van der Waals surface area contributed by atoms with Crippen molar-refractivity contribution in [2.75, 3.05) is 5.32 Å². The molecule has 0 spiro atoms. The molecule has 0 fully saturated rings. The van der Waals surface area contributed by atoms with E-state index in [1.807, 2.05) is 13.8 Å². The topological polar surface area (TPSA) is 37.8 Å². The van der Waals surface area contributed by atoms with Crippen molar-refractivity contribution in [2.45, 2.75) is 20.4 Å². The molecule has 0 unspecified atom stereocenters. The summed E-state index contributed by atoms with van der Waals surface area (Å²) in [6.45, 7) is 3.89. The van der Waals surface area contributed by atoms with Gasteiger partial charge in [0.15, 0.2) is 0 Å². The summed E-state index contributed by atoms with van der Waals surface area (Å²) in [6.07, 6.45) is 1.67. The number of hydrogen-bond donors (Lipinski definition) is 1. The molecule has 1 aromatic heterocycles. The van der Waals surface area contributed by atoms with E-state index < -0.39 is 11.6 Å². The zero-order valence-corrected chi connectivity index (χ0v) is 10.2. The second-order valence-corrected chi connectivity index (χ2v) is 4.03. The van der Waals surface area contributed by atoms with E-state index in [4.69, 9.17) is 0 Å². The van der Waals surface area contributed by atoms with E-state index in [1.54, 1.807) is 6.20 Å². The lowest BCUT2D eigenvalue weighted by Crippen LogP contribution is -2.06. The average molecular weight is 249 g/mol. The van der Waals surface area contributed by atoms with E-state index in [2.05, 4.69) is 15.3 Å². The summed E-state index contributed by atoms with van der Waals surface area (Å²) >= 11 is 0. The molecule has 18 heavy (non-hydrogen) atoms. The normalized spacial score (nSPS) is 10.4. The zero-order chi connectivity index (χ0) is 13.1. The van der Waals surface area contributed by atoms with Gasteiger partial charge in [0.2, 0.25) is 0 Å². The molecule has 5 heteroatoms. The number of benzene rings is 1. The smallest absolute Gasteiger partial charge is 0.148 e. The van der Waals surface area contributed by atoms with E-state index >= 15 is 0 Å². The van der Waals surface area contributed by atoms with Crippen LogP contribution in [0.2, 0.25) is 0 Å². The van der Waals surface area contributed by atoms with Gasteiger partial charge in [0, 0.05) is 24.4 Å². The molecule has 0 saturated heterocycles. The van der Waals surface area contributed by atoms with Crippen LogP contribution in [0.15, 0.2) is 24.4 Å². The molecule has 0 saturated carbocycles. The van der Waals surface area contributed by atoms with Gasteiger partial charge in [-0.1, -0.05) is 6.07 Å². The SMILES string of the molecule is Cc1cnc(C)c(NCc2ccc(F)cc2F)n1. The van der Waals surface area contributed by atoms with Crippen molar-refractivity contribution in [1.29, 1.82) is 0 Å². The fourth-order valence-corrected chi connectivity index (χ4v) is 1.55. The second kappa shape index (κ2) is 5.08. The minimum absolute atomic E-state index is 0.241. The van der Waals surface area contributed by atoms with Crippen LogP contribution in [0.4, 0.5) is 14.6 Å². The predicted octanol–water partition coefficient (Wildman–Crippen LogP) is 2.98. The van der Waals surface area contributed by atoms with Crippen LogP contribution in [0.3, 0.4) is 0 Å². The molecule has 0 radical (unpaired) electrons. The van der Waals surface area contributed by atoms with E-state index in [9.17, 15) is 8.78 Å². The summed E-state index contributed by atoms with van der Waals surface area (Å²) in [6, 6.07) is 3.51. The molecule has 2 rings (SSSR count). The van der Waals surface area contributed by atoms with Gasteiger partial charge in [-0.3, -0.25) is 4.98 Å². The van der Waals surface area contributed by atoms with Gasteiger partial charge in [0.25, 0.3) is 0 Å². The Hall–Kier alpha value is -2.04. The highest BCUT2D eigenvalue weighted by Crippen LogP contribution is 2.13. The third-order valence-electron chi connectivity index (χ3n) is 2.54. The molecule has 0 atom stereocenters. The van der Waals surface area contributed by atoms with Crippen LogP contribution >= 0.6 is 0 Å². The number of halogens is 2. The maximum absolute atomic E-state index is 13.4. The summed E-state index contributed by atoms with van der Waals surface area (Å²) in [4.78, 5) is 8.41. The first-order valence-corrected chi connectivity index (χ1v) is 5.54. The molecule has 1 aromatic carbocycles.